The third kappa shape index (κ3) is 4.87. The number of hydrogen-bond acceptors (Lipinski definition) is 7. The van der Waals surface area contributed by atoms with Crippen molar-refractivity contribution >= 4 is 42.5 Å². The first-order valence-electron chi connectivity index (χ1n) is 9.99. The van der Waals surface area contributed by atoms with Gasteiger partial charge in [0.05, 0.1) is 36.2 Å². The van der Waals surface area contributed by atoms with Gasteiger partial charge in [-0.05, 0) is 70.5 Å². The number of anilines is 1. The number of benzene rings is 3. The van der Waals surface area contributed by atoms with Gasteiger partial charge in [-0.25, -0.2) is 8.42 Å². The van der Waals surface area contributed by atoms with E-state index in [1.165, 1.54) is 19.2 Å². The molecule has 3 aromatic carbocycles. The topological polar surface area (TPSA) is 96.0 Å². The molecule has 4 aromatic rings. The third-order valence-electron chi connectivity index (χ3n) is 4.97. The van der Waals surface area contributed by atoms with Crippen LogP contribution in [0.5, 0.6) is 28.7 Å². The standard InChI is InChI=1S/C24H21BrN2O6S/c1-30-22-9-8-17(12-19(22)25)34(28,29)27-15-4-6-16(7-5-15)33-21-10-11-26-20-14-24(32-3)23(31-2)13-18(20)21/h4-14,27H,1-3H3. The van der Waals surface area contributed by atoms with Crippen molar-refractivity contribution in [1.29, 1.82) is 0 Å². The molecule has 0 bridgehead atoms. The Balaban J connectivity index is 1.55. The second-order valence-electron chi connectivity index (χ2n) is 7.06. The number of ether oxygens (including phenoxy) is 4. The Kier molecular flexibility index (Phi) is 6.80. The first kappa shape index (κ1) is 23.7. The van der Waals surface area contributed by atoms with Crippen molar-refractivity contribution in [2.45, 2.75) is 4.90 Å². The number of rotatable bonds is 8. The van der Waals surface area contributed by atoms with Gasteiger partial charge in [0.1, 0.15) is 17.2 Å². The van der Waals surface area contributed by atoms with Crippen LogP contribution in [-0.4, -0.2) is 34.7 Å². The molecule has 0 fully saturated rings. The van der Waals surface area contributed by atoms with E-state index in [4.69, 9.17) is 18.9 Å². The van der Waals surface area contributed by atoms with Gasteiger partial charge >= 0.3 is 0 Å². The predicted octanol–water partition coefficient (Wildman–Crippen LogP) is 5.62. The Labute approximate surface area is 205 Å². The summed E-state index contributed by atoms with van der Waals surface area (Å²) in [7, 11) is 0.849. The van der Waals surface area contributed by atoms with E-state index in [1.807, 2.05) is 0 Å². The number of aromatic nitrogens is 1. The van der Waals surface area contributed by atoms with Crippen LogP contribution in [0.3, 0.4) is 0 Å². The van der Waals surface area contributed by atoms with E-state index in [1.54, 1.807) is 68.9 Å². The molecule has 1 aromatic heterocycles. The number of nitrogens with zero attached hydrogens (tertiary/aromatic N) is 1. The van der Waals surface area contributed by atoms with E-state index in [0.29, 0.717) is 44.4 Å². The lowest BCUT2D eigenvalue weighted by Gasteiger charge is -2.13. The summed E-state index contributed by atoms with van der Waals surface area (Å²) in [6, 6.07) is 16.5. The largest absolute Gasteiger partial charge is 0.496 e. The van der Waals surface area contributed by atoms with E-state index in [0.717, 1.165) is 5.39 Å². The molecule has 0 aliphatic heterocycles. The lowest BCUT2D eigenvalue weighted by molar-refractivity contribution is 0.355. The first-order chi connectivity index (χ1) is 16.3. The summed E-state index contributed by atoms with van der Waals surface area (Å²) in [6.07, 6.45) is 1.64. The second-order valence-corrected chi connectivity index (χ2v) is 9.60. The van der Waals surface area contributed by atoms with Crippen LogP contribution in [0.2, 0.25) is 0 Å². The Hall–Kier alpha value is -3.50. The highest BCUT2D eigenvalue weighted by Crippen LogP contribution is 2.37. The summed E-state index contributed by atoms with van der Waals surface area (Å²) < 4.78 is 50.5. The highest BCUT2D eigenvalue weighted by atomic mass is 79.9. The van der Waals surface area contributed by atoms with Gasteiger partial charge in [-0.2, -0.15) is 0 Å². The van der Waals surface area contributed by atoms with Crippen molar-refractivity contribution in [3.05, 3.63) is 71.3 Å². The van der Waals surface area contributed by atoms with E-state index < -0.39 is 10.0 Å². The van der Waals surface area contributed by atoms with Crippen LogP contribution >= 0.6 is 15.9 Å². The zero-order chi connectivity index (χ0) is 24.3. The molecule has 0 atom stereocenters. The maximum absolute atomic E-state index is 12.8. The van der Waals surface area contributed by atoms with Gasteiger partial charge in [0.15, 0.2) is 11.5 Å². The lowest BCUT2D eigenvalue weighted by Crippen LogP contribution is -2.12. The molecule has 1 N–H and O–H groups in total. The minimum atomic E-state index is -3.79. The van der Waals surface area contributed by atoms with Crippen molar-refractivity contribution in [1.82, 2.24) is 4.98 Å². The molecule has 4 rings (SSSR count). The predicted molar refractivity (Wildman–Crippen MR) is 133 cm³/mol. The number of methoxy groups -OCH3 is 3. The molecule has 1 heterocycles. The zero-order valence-corrected chi connectivity index (χ0v) is 20.9. The summed E-state index contributed by atoms with van der Waals surface area (Å²) in [6.45, 7) is 0. The third-order valence-corrected chi connectivity index (χ3v) is 6.97. The van der Waals surface area contributed by atoms with Crippen molar-refractivity contribution in [3.8, 4) is 28.7 Å². The Morgan fingerprint density at radius 2 is 1.47 bits per heavy atom. The van der Waals surface area contributed by atoms with Gasteiger partial charge < -0.3 is 18.9 Å². The van der Waals surface area contributed by atoms with E-state index >= 15 is 0 Å². The highest BCUT2D eigenvalue weighted by molar-refractivity contribution is 9.10. The van der Waals surface area contributed by atoms with Gasteiger partial charge in [0.25, 0.3) is 10.0 Å². The van der Waals surface area contributed by atoms with Gasteiger partial charge in [0, 0.05) is 23.3 Å². The molecule has 10 heteroatoms. The van der Waals surface area contributed by atoms with Crippen LogP contribution in [0.15, 0.2) is 76.2 Å². The molecule has 176 valence electrons. The molecular formula is C24H21BrN2O6S. The van der Waals surface area contributed by atoms with Crippen LogP contribution in [-0.2, 0) is 10.0 Å². The Bertz CT molecular complexity index is 1440. The van der Waals surface area contributed by atoms with Crippen LogP contribution in [0.1, 0.15) is 0 Å². The maximum Gasteiger partial charge on any atom is 0.261 e. The molecule has 0 unspecified atom stereocenters. The molecule has 0 saturated heterocycles. The van der Waals surface area contributed by atoms with Gasteiger partial charge in [-0.1, -0.05) is 0 Å². The summed E-state index contributed by atoms with van der Waals surface area (Å²) in [5.41, 5.74) is 1.08. The van der Waals surface area contributed by atoms with Crippen LogP contribution in [0.25, 0.3) is 10.9 Å². The number of pyridine rings is 1. The van der Waals surface area contributed by atoms with Crippen molar-refractivity contribution in [3.63, 3.8) is 0 Å². The normalized spacial score (nSPS) is 11.2. The number of hydrogen-bond donors (Lipinski definition) is 1. The summed E-state index contributed by atoms with van der Waals surface area (Å²) >= 11 is 3.31. The average Bonchev–Trinajstić information content (AvgIpc) is 2.84. The number of sulfonamides is 1. The van der Waals surface area contributed by atoms with Gasteiger partial charge in [-0.3, -0.25) is 9.71 Å². The Morgan fingerprint density at radius 3 is 2.12 bits per heavy atom. The quantitative estimate of drug-likeness (QED) is 0.307. The van der Waals surface area contributed by atoms with Crippen molar-refractivity contribution in [2.75, 3.05) is 26.1 Å². The number of halogens is 1. The second kappa shape index (κ2) is 9.78. The molecule has 0 aliphatic carbocycles. The molecule has 8 nitrogen and oxygen atoms in total. The SMILES string of the molecule is COc1ccc(S(=O)(=O)Nc2ccc(Oc3ccnc4cc(OC)c(OC)cc34)cc2)cc1Br. The number of nitrogens with one attached hydrogen (secondary N) is 1. The summed E-state index contributed by atoms with van der Waals surface area (Å²) in [4.78, 5) is 4.47. The molecule has 0 radical (unpaired) electrons. The lowest BCUT2D eigenvalue weighted by atomic mass is 10.2. The highest BCUT2D eigenvalue weighted by Gasteiger charge is 2.17. The fraction of sp³-hybridized carbons (Fsp3) is 0.125. The van der Waals surface area contributed by atoms with E-state index in [9.17, 15) is 8.42 Å². The minimum absolute atomic E-state index is 0.105. The maximum atomic E-state index is 12.8. The fourth-order valence-electron chi connectivity index (χ4n) is 3.28. The summed E-state index contributed by atoms with van der Waals surface area (Å²) in [5.74, 6) is 2.77. The number of fused-ring (bicyclic) bond motifs is 1. The van der Waals surface area contributed by atoms with E-state index in [2.05, 4.69) is 25.6 Å². The molecule has 0 amide bonds. The van der Waals surface area contributed by atoms with Crippen molar-refractivity contribution in [2.24, 2.45) is 0 Å². The fourth-order valence-corrected chi connectivity index (χ4v) is 5.06. The monoisotopic (exact) mass is 544 g/mol. The Morgan fingerprint density at radius 1 is 0.794 bits per heavy atom. The van der Waals surface area contributed by atoms with Crippen LogP contribution in [0, 0.1) is 0 Å². The molecular weight excluding hydrogens is 524 g/mol. The van der Waals surface area contributed by atoms with Crippen LogP contribution in [0.4, 0.5) is 5.69 Å². The van der Waals surface area contributed by atoms with E-state index in [-0.39, 0.29) is 4.90 Å². The summed E-state index contributed by atoms with van der Waals surface area (Å²) in [5, 5.41) is 0.745. The minimum Gasteiger partial charge on any atom is -0.496 e. The average molecular weight is 545 g/mol. The molecule has 0 aliphatic rings. The molecule has 0 spiro atoms. The molecule has 34 heavy (non-hydrogen) atoms. The molecule has 0 saturated carbocycles. The first-order valence-corrected chi connectivity index (χ1v) is 12.3. The van der Waals surface area contributed by atoms with Gasteiger partial charge in [0.2, 0.25) is 0 Å². The van der Waals surface area contributed by atoms with Crippen LogP contribution < -0.4 is 23.7 Å². The van der Waals surface area contributed by atoms with Gasteiger partial charge in [-0.15, -0.1) is 0 Å². The zero-order valence-electron chi connectivity index (χ0n) is 18.5. The smallest absolute Gasteiger partial charge is 0.261 e. The van der Waals surface area contributed by atoms with Crippen molar-refractivity contribution < 1.29 is 27.4 Å².